The van der Waals surface area contributed by atoms with Crippen molar-refractivity contribution in [3.63, 3.8) is 0 Å². The lowest BCUT2D eigenvalue weighted by atomic mass is 9.86. The molecule has 1 saturated carbocycles. The normalized spacial score (nSPS) is 20.2. The Balaban J connectivity index is 1.47. The molecular weight excluding hydrogens is 264 g/mol. The molecule has 0 radical (unpaired) electrons. The van der Waals surface area contributed by atoms with E-state index in [1.165, 1.54) is 32.1 Å². The van der Waals surface area contributed by atoms with Gasteiger partial charge in [0.1, 0.15) is 5.82 Å². The highest BCUT2D eigenvalue weighted by Crippen LogP contribution is 2.27. The third kappa shape index (κ3) is 3.44. The first-order valence-electron chi connectivity index (χ1n) is 8.45. The lowest BCUT2D eigenvalue weighted by molar-refractivity contribution is -0.122. The average Bonchev–Trinajstić information content (AvgIpc) is 3.09. The highest BCUT2D eigenvalue weighted by atomic mass is 16.1. The second kappa shape index (κ2) is 6.58. The van der Waals surface area contributed by atoms with Crippen molar-refractivity contribution in [1.29, 1.82) is 0 Å². The number of amides is 1. The van der Waals surface area contributed by atoms with Gasteiger partial charge in [-0.15, -0.1) is 10.2 Å². The highest BCUT2D eigenvalue weighted by Gasteiger charge is 2.22. The quantitative estimate of drug-likeness (QED) is 0.907. The van der Waals surface area contributed by atoms with E-state index in [4.69, 9.17) is 0 Å². The van der Waals surface area contributed by atoms with Gasteiger partial charge >= 0.3 is 0 Å². The number of carbonyl (C=O) groups excluding carboxylic acids is 1. The number of fused-ring (bicyclic) bond motifs is 1. The van der Waals surface area contributed by atoms with E-state index in [2.05, 4.69) is 20.1 Å². The number of nitrogens with zero attached hydrogens (tertiary/aromatic N) is 3. The summed E-state index contributed by atoms with van der Waals surface area (Å²) in [4.78, 5) is 12.1. The predicted octanol–water partition coefficient (Wildman–Crippen LogP) is 2.76. The Hall–Kier alpha value is -1.39. The minimum atomic E-state index is -0.0387. The lowest BCUT2D eigenvalue weighted by Crippen LogP contribution is -2.29. The molecule has 21 heavy (non-hydrogen) atoms. The van der Waals surface area contributed by atoms with Gasteiger partial charge in [0.15, 0.2) is 5.82 Å². The molecule has 2 aliphatic rings. The van der Waals surface area contributed by atoms with Crippen LogP contribution in [-0.2, 0) is 17.8 Å². The maximum atomic E-state index is 12.1. The van der Waals surface area contributed by atoms with E-state index in [1.807, 2.05) is 6.92 Å². The summed E-state index contributed by atoms with van der Waals surface area (Å²) in [6.45, 7) is 2.99. The number of aryl methyl sites for hydroxylation is 1. The Morgan fingerprint density at radius 1 is 1.29 bits per heavy atom. The van der Waals surface area contributed by atoms with Crippen LogP contribution < -0.4 is 5.32 Å². The van der Waals surface area contributed by atoms with E-state index in [0.717, 1.165) is 43.4 Å². The van der Waals surface area contributed by atoms with E-state index >= 15 is 0 Å². The number of nitrogens with one attached hydrogen (secondary N) is 1. The molecule has 1 aliphatic heterocycles. The molecule has 0 unspecified atom stereocenters. The van der Waals surface area contributed by atoms with Crippen LogP contribution in [0.2, 0.25) is 0 Å². The summed E-state index contributed by atoms with van der Waals surface area (Å²) < 4.78 is 2.16. The van der Waals surface area contributed by atoms with Gasteiger partial charge < -0.3 is 9.88 Å². The van der Waals surface area contributed by atoms with Crippen molar-refractivity contribution in [2.24, 2.45) is 5.92 Å². The summed E-state index contributed by atoms with van der Waals surface area (Å²) in [5, 5.41) is 11.5. The Morgan fingerprint density at radius 3 is 2.90 bits per heavy atom. The van der Waals surface area contributed by atoms with Crippen LogP contribution in [0.5, 0.6) is 0 Å². The molecular formula is C16H26N4O. The van der Waals surface area contributed by atoms with Gasteiger partial charge in [0.25, 0.3) is 0 Å². The molecule has 1 aromatic rings. The van der Waals surface area contributed by atoms with Gasteiger partial charge in [-0.3, -0.25) is 4.79 Å². The third-order valence-electron chi connectivity index (χ3n) is 4.91. The predicted molar refractivity (Wildman–Crippen MR) is 80.7 cm³/mol. The second-order valence-corrected chi connectivity index (χ2v) is 6.56. The number of aromatic nitrogens is 3. The van der Waals surface area contributed by atoms with Crippen molar-refractivity contribution in [3.05, 3.63) is 11.6 Å². The fourth-order valence-corrected chi connectivity index (χ4v) is 3.68. The molecule has 116 valence electrons. The van der Waals surface area contributed by atoms with E-state index in [1.54, 1.807) is 0 Å². The summed E-state index contributed by atoms with van der Waals surface area (Å²) in [5.41, 5.74) is 0. The molecule has 5 nitrogen and oxygen atoms in total. The first-order valence-corrected chi connectivity index (χ1v) is 8.45. The molecule has 0 aromatic carbocycles. The SMILES string of the molecule is C[C@@H](NC(=O)CCC1CCCCC1)c1nnc2n1CCC2. The van der Waals surface area contributed by atoms with E-state index in [9.17, 15) is 4.79 Å². The van der Waals surface area contributed by atoms with Crippen LogP contribution >= 0.6 is 0 Å². The van der Waals surface area contributed by atoms with Crippen molar-refractivity contribution in [2.75, 3.05) is 0 Å². The van der Waals surface area contributed by atoms with Gasteiger partial charge in [-0.2, -0.15) is 0 Å². The molecule has 3 rings (SSSR count). The van der Waals surface area contributed by atoms with Crippen LogP contribution in [0.15, 0.2) is 0 Å². The molecule has 0 spiro atoms. The fraction of sp³-hybridized carbons (Fsp3) is 0.812. The third-order valence-corrected chi connectivity index (χ3v) is 4.91. The van der Waals surface area contributed by atoms with Crippen LogP contribution in [-0.4, -0.2) is 20.7 Å². The minimum Gasteiger partial charge on any atom is -0.346 e. The Labute approximate surface area is 126 Å². The zero-order valence-electron chi connectivity index (χ0n) is 13.0. The second-order valence-electron chi connectivity index (χ2n) is 6.56. The van der Waals surface area contributed by atoms with Crippen molar-refractivity contribution < 1.29 is 4.79 Å². The first kappa shape index (κ1) is 14.5. The molecule has 0 saturated heterocycles. The van der Waals surface area contributed by atoms with Gasteiger partial charge in [-0.05, 0) is 25.7 Å². The minimum absolute atomic E-state index is 0.0387. The van der Waals surface area contributed by atoms with E-state index in [0.29, 0.717) is 6.42 Å². The molecule has 5 heteroatoms. The zero-order chi connectivity index (χ0) is 14.7. The summed E-state index contributed by atoms with van der Waals surface area (Å²) >= 11 is 0. The van der Waals surface area contributed by atoms with Crippen LogP contribution in [0.25, 0.3) is 0 Å². The Bertz CT molecular complexity index is 490. The molecule has 0 bridgehead atoms. The zero-order valence-corrected chi connectivity index (χ0v) is 13.0. The van der Waals surface area contributed by atoms with Crippen molar-refractivity contribution in [1.82, 2.24) is 20.1 Å². The van der Waals surface area contributed by atoms with E-state index < -0.39 is 0 Å². The smallest absolute Gasteiger partial charge is 0.220 e. The number of hydrogen-bond donors (Lipinski definition) is 1. The Morgan fingerprint density at radius 2 is 2.10 bits per heavy atom. The van der Waals surface area contributed by atoms with Crippen molar-refractivity contribution >= 4 is 5.91 Å². The fourth-order valence-electron chi connectivity index (χ4n) is 3.68. The number of carbonyl (C=O) groups is 1. The van der Waals surface area contributed by atoms with E-state index in [-0.39, 0.29) is 11.9 Å². The van der Waals surface area contributed by atoms with Gasteiger partial charge in [0.05, 0.1) is 6.04 Å². The number of hydrogen-bond acceptors (Lipinski definition) is 3. The molecule has 1 fully saturated rings. The molecule has 1 aromatic heterocycles. The highest BCUT2D eigenvalue weighted by molar-refractivity contribution is 5.76. The average molecular weight is 290 g/mol. The molecule has 1 aliphatic carbocycles. The van der Waals surface area contributed by atoms with Crippen LogP contribution in [0, 0.1) is 5.92 Å². The van der Waals surface area contributed by atoms with Gasteiger partial charge in [-0.1, -0.05) is 32.1 Å². The van der Waals surface area contributed by atoms with Gasteiger partial charge in [0.2, 0.25) is 5.91 Å². The lowest BCUT2D eigenvalue weighted by Gasteiger charge is -2.21. The topological polar surface area (TPSA) is 59.8 Å². The maximum absolute atomic E-state index is 12.1. The number of rotatable bonds is 5. The summed E-state index contributed by atoms with van der Waals surface area (Å²) in [6.07, 6.45) is 10.5. The molecule has 1 atom stereocenters. The van der Waals surface area contributed by atoms with Crippen molar-refractivity contribution in [2.45, 2.75) is 77.3 Å². The largest absolute Gasteiger partial charge is 0.346 e. The maximum Gasteiger partial charge on any atom is 0.220 e. The summed E-state index contributed by atoms with van der Waals surface area (Å²) in [5.74, 6) is 2.89. The molecule has 2 heterocycles. The van der Waals surface area contributed by atoms with Gasteiger partial charge in [0, 0.05) is 19.4 Å². The van der Waals surface area contributed by atoms with Crippen LogP contribution in [0.3, 0.4) is 0 Å². The molecule has 1 N–H and O–H groups in total. The summed E-state index contributed by atoms with van der Waals surface area (Å²) in [6, 6.07) is -0.0387. The monoisotopic (exact) mass is 290 g/mol. The molecule has 1 amide bonds. The van der Waals surface area contributed by atoms with Crippen LogP contribution in [0.4, 0.5) is 0 Å². The summed E-state index contributed by atoms with van der Waals surface area (Å²) in [7, 11) is 0. The van der Waals surface area contributed by atoms with Crippen LogP contribution in [0.1, 0.15) is 76.0 Å². The Kier molecular flexibility index (Phi) is 4.56. The first-order chi connectivity index (χ1) is 10.2. The van der Waals surface area contributed by atoms with Crippen molar-refractivity contribution in [3.8, 4) is 0 Å². The standard InChI is InChI=1S/C16H26N4O/c1-12(16-19-18-14-8-5-11-20(14)16)17-15(21)10-9-13-6-3-2-4-7-13/h12-13H,2-11H2,1H3,(H,17,21)/t12-/m1/s1. The van der Waals surface area contributed by atoms with Gasteiger partial charge in [-0.25, -0.2) is 0 Å².